The Morgan fingerprint density at radius 3 is 2.76 bits per heavy atom. The molecule has 0 bridgehead atoms. The van der Waals surface area contributed by atoms with E-state index >= 15 is 0 Å². The molecule has 0 amide bonds. The predicted molar refractivity (Wildman–Crippen MR) is 81.3 cm³/mol. The SMILES string of the molecule is CCc1ccc2c(c1)C(=O)C(Cc1cccc(OC)c1)O2. The zero-order valence-electron chi connectivity index (χ0n) is 12.3. The van der Waals surface area contributed by atoms with E-state index in [0.717, 1.165) is 23.3 Å². The van der Waals surface area contributed by atoms with E-state index in [1.807, 2.05) is 42.5 Å². The third-order valence-corrected chi connectivity index (χ3v) is 3.83. The van der Waals surface area contributed by atoms with E-state index in [-0.39, 0.29) is 5.78 Å². The smallest absolute Gasteiger partial charge is 0.207 e. The van der Waals surface area contributed by atoms with Gasteiger partial charge in [-0.25, -0.2) is 0 Å². The molecule has 0 saturated heterocycles. The number of fused-ring (bicyclic) bond motifs is 1. The minimum Gasteiger partial charge on any atom is -0.497 e. The van der Waals surface area contributed by atoms with Gasteiger partial charge in [0.05, 0.1) is 12.7 Å². The van der Waals surface area contributed by atoms with Crippen LogP contribution in [-0.2, 0) is 12.8 Å². The highest BCUT2D eigenvalue weighted by atomic mass is 16.5. The molecule has 1 unspecified atom stereocenters. The number of ether oxygens (including phenoxy) is 2. The van der Waals surface area contributed by atoms with Gasteiger partial charge in [-0.3, -0.25) is 4.79 Å². The second kappa shape index (κ2) is 5.60. The molecule has 3 nitrogen and oxygen atoms in total. The number of ketones is 1. The maximum absolute atomic E-state index is 12.5. The molecule has 0 N–H and O–H groups in total. The Hall–Kier alpha value is -2.29. The zero-order chi connectivity index (χ0) is 14.8. The fourth-order valence-electron chi connectivity index (χ4n) is 2.62. The van der Waals surface area contributed by atoms with Gasteiger partial charge in [-0.1, -0.05) is 25.1 Å². The van der Waals surface area contributed by atoms with E-state index in [9.17, 15) is 4.79 Å². The van der Waals surface area contributed by atoms with Crippen LogP contribution >= 0.6 is 0 Å². The number of rotatable bonds is 4. The first-order chi connectivity index (χ1) is 10.2. The van der Waals surface area contributed by atoms with Crippen molar-refractivity contribution < 1.29 is 14.3 Å². The molecule has 3 rings (SSSR count). The second-order valence-electron chi connectivity index (χ2n) is 5.21. The molecular formula is C18H18O3. The van der Waals surface area contributed by atoms with Crippen LogP contribution in [0.5, 0.6) is 11.5 Å². The van der Waals surface area contributed by atoms with Gasteiger partial charge in [0.25, 0.3) is 0 Å². The summed E-state index contributed by atoms with van der Waals surface area (Å²) in [6, 6.07) is 13.6. The Bertz CT molecular complexity index is 676. The van der Waals surface area contributed by atoms with Gasteiger partial charge in [-0.2, -0.15) is 0 Å². The van der Waals surface area contributed by atoms with Crippen LogP contribution in [0.4, 0.5) is 0 Å². The number of benzene rings is 2. The molecule has 1 heterocycles. The summed E-state index contributed by atoms with van der Waals surface area (Å²) in [6.45, 7) is 2.08. The normalized spacial score (nSPS) is 16.5. The Balaban J connectivity index is 1.81. The monoisotopic (exact) mass is 282 g/mol. The van der Waals surface area contributed by atoms with Crippen LogP contribution < -0.4 is 9.47 Å². The van der Waals surface area contributed by atoms with Crippen molar-refractivity contribution >= 4 is 5.78 Å². The van der Waals surface area contributed by atoms with Gasteiger partial charge in [0.1, 0.15) is 11.5 Å². The fourth-order valence-corrected chi connectivity index (χ4v) is 2.62. The summed E-state index contributed by atoms with van der Waals surface area (Å²) in [5, 5.41) is 0. The maximum Gasteiger partial charge on any atom is 0.207 e. The topological polar surface area (TPSA) is 35.5 Å². The van der Waals surface area contributed by atoms with Gasteiger partial charge >= 0.3 is 0 Å². The van der Waals surface area contributed by atoms with Crippen molar-refractivity contribution in [3.63, 3.8) is 0 Å². The van der Waals surface area contributed by atoms with E-state index in [0.29, 0.717) is 17.7 Å². The van der Waals surface area contributed by atoms with Crippen molar-refractivity contribution in [2.75, 3.05) is 7.11 Å². The molecule has 1 aliphatic heterocycles. The van der Waals surface area contributed by atoms with E-state index < -0.39 is 6.10 Å². The van der Waals surface area contributed by atoms with Crippen LogP contribution in [0.15, 0.2) is 42.5 Å². The Kier molecular flexibility index (Phi) is 3.65. The van der Waals surface area contributed by atoms with E-state index in [4.69, 9.17) is 9.47 Å². The average molecular weight is 282 g/mol. The molecule has 0 aliphatic carbocycles. The van der Waals surface area contributed by atoms with Gasteiger partial charge in [0.15, 0.2) is 6.10 Å². The second-order valence-corrected chi connectivity index (χ2v) is 5.21. The van der Waals surface area contributed by atoms with E-state index in [2.05, 4.69) is 6.92 Å². The highest BCUT2D eigenvalue weighted by molar-refractivity contribution is 6.04. The first-order valence-corrected chi connectivity index (χ1v) is 7.18. The van der Waals surface area contributed by atoms with Crippen LogP contribution in [0.1, 0.15) is 28.4 Å². The molecule has 1 aliphatic rings. The Morgan fingerprint density at radius 2 is 2.00 bits per heavy atom. The summed E-state index contributed by atoms with van der Waals surface area (Å²) in [7, 11) is 1.64. The number of hydrogen-bond acceptors (Lipinski definition) is 3. The third kappa shape index (κ3) is 2.64. The predicted octanol–water partition coefficient (Wildman–Crippen LogP) is 3.44. The van der Waals surface area contributed by atoms with Crippen LogP contribution in [0.3, 0.4) is 0 Å². The average Bonchev–Trinajstić information content (AvgIpc) is 2.83. The first-order valence-electron chi connectivity index (χ1n) is 7.18. The van der Waals surface area contributed by atoms with Crippen molar-refractivity contribution in [3.8, 4) is 11.5 Å². The molecule has 2 aromatic rings. The van der Waals surface area contributed by atoms with Gasteiger partial charge in [-0.15, -0.1) is 0 Å². The van der Waals surface area contributed by atoms with Crippen molar-refractivity contribution in [2.24, 2.45) is 0 Å². The largest absolute Gasteiger partial charge is 0.497 e. The van der Waals surface area contributed by atoms with E-state index in [1.165, 1.54) is 0 Å². The number of carbonyl (C=O) groups excluding carboxylic acids is 1. The lowest BCUT2D eigenvalue weighted by atomic mass is 10.00. The van der Waals surface area contributed by atoms with Crippen LogP contribution in [0.25, 0.3) is 0 Å². The number of Topliss-reactive ketones (excluding diaryl/α,β-unsaturated/α-hetero) is 1. The lowest BCUT2D eigenvalue weighted by Crippen LogP contribution is -2.23. The number of carbonyl (C=O) groups is 1. The summed E-state index contributed by atoms with van der Waals surface area (Å²) in [6.07, 6.45) is 1.05. The Labute approximate surface area is 124 Å². The van der Waals surface area contributed by atoms with Crippen molar-refractivity contribution in [2.45, 2.75) is 25.9 Å². The molecule has 1 atom stereocenters. The van der Waals surface area contributed by atoms with Gasteiger partial charge in [-0.05, 0) is 41.8 Å². The third-order valence-electron chi connectivity index (χ3n) is 3.83. The molecule has 0 radical (unpaired) electrons. The van der Waals surface area contributed by atoms with Gasteiger partial charge in [0, 0.05) is 6.42 Å². The molecule has 21 heavy (non-hydrogen) atoms. The number of hydrogen-bond donors (Lipinski definition) is 0. The molecule has 0 aromatic heterocycles. The summed E-state index contributed by atoms with van der Waals surface area (Å²) in [4.78, 5) is 12.5. The van der Waals surface area contributed by atoms with Crippen LogP contribution in [-0.4, -0.2) is 19.0 Å². The molecule has 2 aromatic carbocycles. The molecule has 108 valence electrons. The van der Waals surface area contributed by atoms with Crippen molar-refractivity contribution in [3.05, 3.63) is 59.2 Å². The minimum absolute atomic E-state index is 0.0723. The molecule has 3 heteroatoms. The summed E-state index contributed by atoms with van der Waals surface area (Å²) >= 11 is 0. The fraction of sp³-hybridized carbons (Fsp3) is 0.278. The number of aryl methyl sites for hydroxylation is 1. The highest BCUT2D eigenvalue weighted by Gasteiger charge is 2.32. The van der Waals surface area contributed by atoms with Gasteiger partial charge in [0.2, 0.25) is 5.78 Å². The van der Waals surface area contributed by atoms with Crippen molar-refractivity contribution in [1.29, 1.82) is 0 Å². The van der Waals surface area contributed by atoms with Crippen LogP contribution in [0.2, 0.25) is 0 Å². The van der Waals surface area contributed by atoms with Crippen LogP contribution in [0, 0.1) is 0 Å². The lowest BCUT2D eigenvalue weighted by Gasteiger charge is -2.10. The molecule has 0 fully saturated rings. The molecule has 0 saturated carbocycles. The first kappa shape index (κ1) is 13.7. The summed E-state index contributed by atoms with van der Waals surface area (Å²) in [5.74, 6) is 1.57. The highest BCUT2D eigenvalue weighted by Crippen LogP contribution is 2.31. The van der Waals surface area contributed by atoms with Gasteiger partial charge < -0.3 is 9.47 Å². The summed E-state index contributed by atoms with van der Waals surface area (Å²) in [5.41, 5.74) is 2.91. The summed E-state index contributed by atoms with van der Waals surface area (Å²) < 4.78 is 11.0. The maximum atomic E-state index is 12.5. The molecule has 0 spiro atoms. The minimum atomic E-state index is -0.431. The zero-order valence-corrected chi connectivity index (χ0v) is 12.3. The van der Waals surface area contributed by atoms with Crippen molar-refractivity contribution in [1.82, 2.24) is 0 Å². The van der Waals surface area contributed by atoms with E-state index in [1.54, 1.807) is 7.11 Å². The quantitative estimate of drug-likeness (QED) is 0.861. The number of methoxy groups -OCH3 is 1. The molecular weight excluding hydrogens is 264 g/mol. The lowest BCUT2D eigenvalue weighted by molar-refractivity contribution is 0.0857. The standard InChI is InChI=1S/C18H18O3/c1-3-12-7-8-16-15(10-12)18(19)17(21-16)11-13-5-4-6-14(9-13)20-2/h4-10,17H,3,11H2,1-2H3. The Morgan fingerprint density at radius 1 is 1.14 bits per heavy atom.